The minimum Gasteiger partial charge on any atom is -0.283 e. The van der Waals surface area contributed by atoms with Gasteiger partial charge in [0.15, 0.2) is 5.69 Å². The van der Waals surface area contributed by atoms with E-state index in [1.807, 2.05) is 15.8 Å². The lowest BCUT2D eigenvalue weighted by Gasteiger charge is -2.26. The molecule has 1 aliphatic carbocycles. The molecule has 1 fully saturated rings. The van der Waals surface area contributed by atoms with Crippen molar-refractivity contribution < 1.29 is 4.79 Å². The third-order valence-electron chi connectivity index (χ3n) is 5.15. The summed E-state index contributed by atoms with van der Waals surface area (Å²) in [6.45, 7) is 1.80. The van der Waals surface area contributed by atoms with Gasteiger partial charge < -0.3 is 0 Å². The van der Waals surface area contributed by atoms with Crippen molar-refractivity contribution in [1.82, 2.24) is 20.2 Å². The lowest BCUT2D eigenvalue weighted by molar-refractivity contribution is 0.0743. The maximum absolute atomic E-state index is 12.9. The van der Waals surface area contributed by atoms with Gasteiger partial charge in [0.25, 0.3) is 5.91 Å². The first-order valence-electron chi connectivity index (χ1n) is 9.25. The Morgan fingerprint density at radius 2 is 1.81 bits per heavy atom. The van der Waals surface area contributed by atoms with E-state index in [0.717, 1.165) is 68.6 Å². The molecular formula is C19H22Cl2N4O. The van der Waals surface area contributed by atoms with Crippen LogP contribution in [0.5, 0.6) is 0 Å². The van der Waals surface area contributed by atoms with Gasteiger partial charge >= 0.3 is 0 Å². The van der Waals surface area contributed by atoms with Crippen LogP contribution >= 0.6 is 23.2 Å². The maximum Gasteiger partial charge on any atom is 0.286 e. The average Bonchev–Trinajstić information content (AvgIpc) is 3.02. The van der Waals surface area contributed by atoms with E-state index in [9.17, 15) is 4.79 Å². The minimum atomic E-state index is -0.117. The Labute approximate surface area is 163 Å². The summed E-state index contributed by atoms with van der Waals surface area (Å²) in [5, 5.41) is 7.80. The number of hydrazine groups is 1. The Bertz CT molecular complexity index is 827. The van der Waals surface area contributed by atoms with Crippen LogP contribution in [0.25, 0.3) is 5.69 Å². The molecule has 0 radical (unpaired) electrons. The summed E-state index contributed by atoms with van der Waals surface area (Å²) in [5.41, 5.74) is 6.47. The summed E-state index contributed by atoms with van der Waals surface area (Å²) in [4.78, 5) is 12.9. The molecule has 1 aromatic heterocycles. The molecule has 0 spiro atoms. The summed E-state index contributed by atoms with van der Waals surface area (Å²) in [6.07, 6.45) is 7.42. The second kappa shape index (κ2) is 7.59. The van der Waals surface area contributed by atoms with Crippen molar-refractivity contribution in [2.24, 2.45) is 0 Å². The lowest BCUT2D eigenvalue weighted by Crippen LogP contribution is -2.45. The summed E-state index contributed by atoms with van der Waals surface area (Å²) < 4.78 is 1.83. The molecule has 2 aromatic rings. The molecule has 5 nitrogen and oxygen atoms in total. The fourth-order valence-corrected chi connectivity index (χ4v) is 4.32. The van der Waals surface area contributed by atoms with Gasteiger partial charge in [-0.05, 0) is 56.7 Å². The van der Waals surface area contributed by atoms with Gasteiger partial charge in [-0.15, -0.1) is 0 Å². The topological polar surface area (TPSA) is 50.2 Å². The molecule has 0 bridgehead atoms. The zero-order valence-corrected chi connectivity index (χ0v) is 16.1. The normalized spacial score (nSPS) is 17.8. The fraction of sp³-hybridized carbons (Fsp3) is 0.474. The molecule has 4 rings (SSSR count). The SMILES string of the molecule is O=C(NN1CCCCC1)c1nn(-c2ccc(Cl)cc2Cl)c2c1CCCC2. The number of carbonyl (C=O) groups is 1. The van der Waals surface area contributed by atoms with Gasteiger partial charge in [0.2, 0.25) is 0 Å². The summed E-state index contributed by atoms with van der Waals surface area (Å²) in [5.74, 6) is -0.117. The molecule has 1 N–H and O–H groups in total. The highest BCUT2D eigenvalue weighted by Crippen LogP contribution is 2.31. The smallest absolute Gasteiger partial charge is 0.283 e. The quantitative estimate of drug-likeness (QED) is 0.851. The molecule has 1 aromatic carbocycles. The zero-order valence-electron chi connectivity index (χ0n) is 14.6. The van der Waals surface area contributed by atoms with E-state index in [0.29, 0.717) is 15.7 Å². The van der Waals surface area contributed by atoms with Gasteiger partial charge in [-0.25, -0.2) is 9.69 Å². The highest BCUT2D eigenvalue weighted by atomic mass is 35.5. The van der Waals surface area contributed by atoms with Gasteiger partial charge in [-0.2, -0.15) is 5.10 Å². The Hall–Kier alpha value is -1.56. The summed E-state index contributed by atoms with van der Waals surface area (Å²) in [7, 11) is 0. The molecular weight excluding hydrogens is 371 g/mol. The van der Waals surface area contributed by atoms with Crippen molar-refractivity contribution in [3.63, 3.8) is 0 Å². The molecule has 1 aliphatic heterocycles. The summed E-state index contributed by atoms with van der Waals surface area (Å²) in [6, 6.07) is 5.37. The predicted octanol–water partition coefficient (Wildman–Crippen LogP) is 4.19. The summed E-state index contributed by atoms with van der Waals surface area (Å²) >= 11 is 12.4. The molecule has 1 amide bonds. The molecule has 26 heavy (non-hydrogen) atoms. The van der Waals surface area contributed by atoms with Crippen LogP contribution in [0.1, 0.15) is 53.8 Å². The van der Waals surface area contributed by atoms with E-state index in [2.05, 4.69) is 10.5 Å². The number of piperidine rings is 1. The fourth-order valence-electron chi connectivity index (χ4n) is 3.84. The van der Waals surface area contributed by atoms with Gasteiger partial charge in [-0.3, -0.25) is 10.2 Å². The van der Waals surface area contributed by atoms with Gasteiger partial charge in [0, 0.05) is 29.4 Å². The first kappa shape index (κ1) is 17.8. The number of aromatic nitrogens is 2. The van der Waals surface area contributed by atoms with Crippen molar-refractivity contribution in [3.8, 4) is 5.69 Å². The highest BCUT2D eigenvalue weighted by molar-refractivity contribution is 6.35. The number of carbonyl (C=O) groups excluding carboxylic acids is 1. The Morgan fingerprint density at radius 1 is 1.04 bits per heavy atom. The van der Waals surface area contributed by atoms with Crippen molar-refractivity contribution in [2.75, 3.05) is 13.1 Å². The number of benzene rings is 1. The number of nitrogens with one attached hydrogen (secondary N) is 1. The number of hydrogen-bond donors (Lipinski definition) is 1. The lowest BCUT2D eigenvalue weighted by atomic mass is 9.95. The molecule has 7 heteroatoms. The minimum absolute atomic E-state index is 0.117. The van der Waals surface area contributed by atoms with E-state index >= 15 is 0 Å². The van der Waals surface area contributed by atoms with Gasteiger partial charge in [0.1, 0.15) is 0 Å². The van der Waals surface area contributed by atoms with Crippen LogP contribution < -0.4 is 5.43 Å². The third kappa shape index (κ3) is 3.48. The Kier molecular flexibility index (Phi) is 5.20. The number of rotatable bonds is 3. The molecule has 0 unspecified atom stereocenters. The van der Waals surface area contributed by atoms with Crippen LogP contribution in [0.2, 0.25) is 10.0 Å². The largest absolute Gasteiger partial charge is 0.286 e. The van der Waals surface area contributed by atoms with Crippen LogP contribution in [0.15, 0.2) is 18.2 Å². The van der Waals surface area contributed by atoms with Crippen LogP contribution in [0.4, 0.5) is 0 Å². The van der Waals surface area contributed by atoms with Crippen molar-refractivity contribution in [1.29, 1.82) is 0 Å². The number of nitrogens with zero attached hydrogens (tertiary/aromatic N) is 3. The van der Waals surface area contributed by atoms with Crippen LogP contribution in [-0.4, -0.2) is 33.8 Å². The van der Waals surface area contributed by atoms with Gasteiger partial charge in [0.05, 0.1) is 10.7 Å². The number of fused-ring (bicyclic) bond motifs is 1. The maximum atomic E-state index is 12.9. The second-order valence-electron chi connectivity index (χ2n) is 6.98. The van der Waals surface area contributed by atoms with Crippen molar-refractivity contribution in [2.45, 2.75) is 44.9 Å². The standard InChI is InChI=1S/C19H22Cl2N4O/c20-13-8-9-17(15(21)12-13)25-16-7-3-2-6-14(16)18(22-25)19(26)23-24-10-4-1-5-11-24/h8-9,12H,1-7,10-11H2,(H,23,26). The van der Waals surface area contributed by atoms with E-state index in [1.165, 1.54) is 6.42 Å². The third-order valence-corrected chi connectivity index (χ3v) is 5.69. The van der Waals surface area contributed by atoms with Crippen molar-refractivity contribution >= 4 is 29.1 Å². The number of hydrogen-bond acceptors (Lipinski definition) is 3. The molecule has 2 aliphatic rings. The van der Waals surface area contributed by atoms with Crippen LogP contribution in [0.3, 0.4) is 0 Å². The van der Waals surface area contributed by atoms with Crippen LogP contribution in [0, 0.1) is 0 Å². The average molecular weight is 393 g/mol. The van der Waals surface area contributed by atoms with Crippen molar-refractivity contribution in [3.05, 3.63) is 45.2 Å². The second-order valence-corrected chi connectivity index (χ2v) is 7.82. The Morgan fingerprint density at radius 3 is 2.58 bits per heavy atom. The van der Waals surface area contributed by atoms with E-state index in [-0.39, 0.29) is 5.91 Å². The molecule has 138 valence electrons. The van der Waals surface area contributed by atoms with E-state index in [1.54, 1.807) is 12.1 Å². The number of halogens is 2. The van der Waals surface area contributed by atoms with Crippen LogP contribution in [-0.2, 0) is 12.8 Å². The molecule has 0 saturated carbocycles. The predicted molar refractivity (Wildman–Crippen MR) is 103 cm³/mol. The first-order valence-corrected chi connectivity index (χ1v) is 10.0. The zero-order chi connectivity index (χ0) is 18.1. The number of amides is 1. The molecule has 1 saturated heterocycles. The monoisotopic (exact) mass is 392 g/mol. The molecule has 0 atom stereocenters. The highest BCUT2D eigenvalue weighted by Gasteiger charge is 2.27. The van der Waals surface area contributed by atoms with E-state index < -0.39 is 0 Å². The Balaban J connectivity index is 1.69. The first-order chi connectivity index (χ1) is 12.6. The van der Waals surface area contributed by atoms with Gasteiger partial charge in [-0.1, -0.05) is 29.6 Å². The molecule has 2 heterocycles. The van der Waals surface area contributed by atoms with E-state index in [4.69, 9.17) is 23.2 Å².